The number of aliphatic carboxylic acids is 3. The number of rotatable bonds is 0. The molecule has 0 saturated carbocycles. The Hall–Kier alpha value is -0.217. The van der Waals surface area contributed by atoms with Crippen LogP contribution in [0.5, 0.6) is 0 Å². The molecule has 7 nitrogen and oxygen atoms in total. The predicted molar refractivity (Wildman–Crippen MR) is 50.9 cm³/mol. The van der Waals surface area contributed by atoms with E-state index in [-0.39, 0.29) is 57.2 Å². The fourth-order valence-electron chi connectivity index (χ4n) is 0. The van der Waals surface area contributed by atoms with Gasteiger partial charge in [-0.3, -0.25) is 9.59 Å². The van der Waals surface area contributed by atoms with Crippen molar-refractivity contribution in [2.75, 3.05) is 0 Å². The van der Waals surface area contributed by atoms with Crippen molar-refractivity contribution in [2.45, 2.75) is 13.8 Å². The van der Waals surface area contributed by atoms with Crippen LogP contribution in [0.2, 0.25) is 0 Å². The van der Waals surface area contributed by atoms with Crippen molar-refractivity contribution in [3.8, 4) is 6.07 Å². The minimum Gasteiger partial charge on any atom is -1.00 e. The Balaban J connectivity index is -0.0000000216. The first kappa shape index (κ1) is 29.3. The number of nitrogens with zero attached hydrogens (tertiary/aromatic N) is 1. The van der Waals surface area contributed by atoms with E-state index in [2.05, 4.69) is 0 Å². The van der Waals surface area contributed by atoms with Gasteiger partial charge in [-0.25, -0.2) is 4.79 Å². The number of carbonyl (C=O) groups is 3. The van der Waals surface area contributed by atoms with E-state index in [1.165, 1.54) is 0 Å². The molecule has 0 heterocycles. The summed E-state index contributed by atoms with van der Waals surface area (Å²) in [6, 6.07) is 0.944. The molecule has 0 rings (SSSR count). The molecule has 84 valence electrons. The summed E-state index contributed by atoms with van der Waals surface area (Å²) in [7, 11) is 0. The van der Waals surface area contributed by atoms with Crippen LogP contribution in [-0.2, 0) is 14.4 Å². The van der Waals surface area contributed by atoms with E-state index >= 15 is 0 Å². The van der Waals surface area contributed by atoms with Crippen LogP contribution in [-0.4, -0.2) is 59.4 Å². The zero-order valence-electron chi connectivity index (χ0n) is 9.72. The summed E-state index contributed by atoms with van der Waals surface area (Å²) in [5.41, 5.74) is 0. The smallest absolute Gasteiger partial charge is 1.00 e. The van der Waals surface area contributed by atoms with E-state index < -0.39 is 17.9 Å². The Morgan fingerprint density at radius 2 is 1.13 bits per heavy atom. The third-order valence-electron chi connectivity index (χ3n) is 0.0956. The van der Waals surface area contributed by atoms with Gasteiger partial charge < -0.3 is 16.7 Å². The molecule has 3 N–H and O–H groups in total. The van der Waals surface area contributed by atoms with Crippen LogP contribution in [0.1, 0.15) is 15.3 Å². The van der Waals surface area contributed by atoms with Crippen molar-refractivity contribution < 1.29 is 60.7 Å². The van der Waals surface area contributed by atoms with Gasteiger partial charge in [-0.2, -0.15) is 5.26 Å². The van der Waals surface area contributed by atoms with E-state index in [1.54, 1.807) is 0 Å². The van der Waals surface area contributed by atoms with E-state index in [9.17, 15) is 0 Å². The van der Waals surface area contributed by atoms with E-state index in [0.717, 1.165) is 19.9 Å². The molecule has 0 bridgehead atoms. The SMILES string of the molecule is CC(=O)O.CC(=O)O.N#CC(=O)O.[BiH3].[H-].[Na+]. The summed E-state index contributed by atoms with van der Waals surface area (Å²) in [5.74, 6) is -3.11. The van der Waals surface area contributed by atoms with Crippen LogP contribution < -0.4 is 29.6 Å². The molecule has 15 heavy (non-hydrogen) atoms. The monoisotopic (exact) mass is 427 g/mol. The first-order chi connectivity index (χ1) is 5.73. The maximum absolute atomic E-state index is 9.01. The molecular formula is C6H13BiNNaO6. The molecule has 0 fully saturated rings. The molecule has 0 aromatic rings. The van der Waals surface area contributed by atoms with E-state index in [0.29, 0.717) is 0 Å². The first-order valence-corrected chi connectivity index (χ1v) is 2.76. The van der Waals surface area contributed by atoms with Gasteiger partial charge in [-0.1, -0.05) is 0 Å². The summed E-state index contributed by atoms with van der Waals surface area (Å²) in [4.78, 5) is 27.0. The summed E-state index contributed by atoms with van der Waals surface area (Å²) >= 11 is 0. The van der Waals surface area contributed by atoms with Gasteiger partial charge in [-0.15, -0.1) is 0 Å². The van der Waals surface area contributed by atoms with E-state index in [4.69, 9.17) is 35.0 Å². The molecule has 0 aliphatic heterocycles. The minimum absolute atomic E-state index is 0. The number of carboxylic acid groups (broad SMARTS) is 3. The van der Waals surface area contributed by atoms with Gasteiger partial charge in [0.2, 0.25) is 0 Å². The van der Waals surface area contributed by atoms with Gasteiger partial charge in [0.15, 0.2) is 6.07 Å². The molecular weight excluding hydrogens is 414 g/mol. The number of hydrogen-bond donors (Lipinski definition) is 3. The second-order valence-corrected chi connectivity index (χ2v) is 1.45. The Kier molecular flexibility index (Phi) is 46.0. The number of nitriles is 1. The quantitative estimate of drug-likeness (QED) is 0.202. The Bertz CT molecular complexity index is 212. The maximum atomic E-state index is 9.01. The van der Waals surface area contributed by atoms with Crippen LogP contribution in [0.25, 0.3) is 0 Å². The van der Waals surface area contributed by atoms with E-state index in [1.807, 2.05) is 0 Å². The standard InChI is InChI=1S/C2HNO2.2C2H4O2.Bi.Na.4H/c3-1-2(4)5;2*1-2(3)4;;;;;;/h(H,4,5);2*1H3,(H,3,4);;;;;;/q;;;;+1;;;;-1. The zero-order valence-corrected chi connectivity index (χ0v) is 16.2. The van der Waals surface area contributed by atoms with Crippen molar-refractivity contribution in [2.24, 2.45) is 0 Å². The Labute approximate surface area is 129 Å². The van der Waals surface area contributed by atoms with Crippen molar-refractivity contribution in [3.63, 3.8) is 0 Å². The average molecular weight is 427 g/mol. The largest absolute Gasteiger partial charge is 1.00 e. The molecule has 0 amide bonds. The van der Waals surface area contributed by atoms with Crippen LogP contribution in [0, 0.1) is 11.3 Å². The van der Waals surface area contributed by atoms with Gasteiger partial charge in [0.05, 0.1) is 0 Å². The maximum Gasteiger partial charge on any atom is 1.00 e. The minimum atomic E-state index is -1.44. The Morgan fingerprint density at radius 1 is 1.07 bits per heavy atom. The molecule has 0 spiro atoms. The van der Waals surface area contributed by atoms with Crippen LogP contribution in [0.15, 0.2) is 0 Å². The molecule has 0 radical (unpaired) electrons. The summed E-state index contributed by atoms with van der Waals surface area (Å²) in [6.07, 6.45) is 0. The zero-order chi connectivity index (χ0) is 11.4. The molecule has 0 aliphatic rings. The molecule has 0 aromatic heterocycles. The summed E-state index contributed by atoms with van der Waals surface area (Å²) in [6.45, 7) is 2.17. The van der Waals surface area contributed by atoms with Gasteiger partial charge in [-0.05, 0) is 0 Å². The van der Waals surface area contributed by atoms with Gasteiger partial charge >= 0.3 is 61.7 Å². The third-order valence-corrected chi connectivity index (χ3v) is 0.0956. The molecule has 0 unspecified atom stereocenters. The van der Waals surface area contributed by atoms with Crippen LogP contribution in [0.3, 0.4) is 0 Å². The first-order valence-electron chi connectivity index (χ1n) is 2.76. The van der Waals surface area contributed by atoms with Crippen LogP contribution >= 0.6 is 0 Å². The van der Waals surface area contributed by atoms with Gasteiger partial charge in [0, 0.05) is 13.8 Å². The second kappa shape index (κ2) is 23.5. The molecule has 0 saturated heterocycles. The topological polar surface area (TPSA) is 136 Å². The van der Waals surface area contributed by atoms with Crippen molar-refractivity contribution in [1.29, 1.82) is 5.26 Å². The fourth-order valence-corrected chi connectivity index (χ4v) is 0. The number of carboxylic acids is 3. The average Bonchev–Trinajstić information content (AvgIpc) is 1.84. The van der Waals surface area contributed by atoms with Crippen molar-refractivity contribution in [3.05, 3.63) is 0 Å². The molecule has 0 atom stereocenters. The number of hydrogen-bond acceptors (Lipinski definition) is 4. The Morgan fingerprint density at radius 3 is 1.13 bits per heavy atom. The normalized spacial score (nSPS) is 5.13. The molecule has 9 heteroatoms. The summed E-state index contributed by atoms with van der Waals surface area (Å²) in [5, 5.41) is 29.5. The molecule has 0 aliphatic carbocycles. The third kappa shape index (κ3) is 602. The van der Waals surface area contributed by atoms with Crippen LogP contribution in [0.4, 0.5) is 0 Å². The predicted octanol–water partition coefficient (Wildman–Crippen LogP) is -4.29. The van der Waals surface area contributed by atoms with Crippen molar-refractivity contribution >= 4 is 44.1 Å². The van der Waals surface area contributed by atoms with Gasteiger partial charge in [0.25, 0.3) is 11.9 Å². The fraction of sp³-hybridized carbons (Fsp3) is 0.333. The summed E-state index contributed by atoms with van der Waals surface area (Å²) < 4.78 is 0. The van der Waals surface area contributed by atoms with Crippen molar-refractivity contribution in [1.82, 2.24) is 0 Å². The molecule has 0 aromatic carbocycles. The second-order valence-electron chi connectivity index (χ2n) is 1.45. The van der Waals surface area contributed by atoms with Gasteiger partial charge in [0.1, 0.15) is 0 Å².